The minimum Gasteiger partial charge on any atom is -0.727 e. The second-order valence-corrected chi connectivity index (χ2v) is 0. The Morgan fingerprint density at radius 2 is 0.500 bits per heavy atom. The van der Waals surface area contributed by atoms with Crippen molar-refractivity contribution >= 4 is 34.7 Å². The summed E-state index contributed by atoms with van der Waals surface area (Å²) in [5, 5.41) is 13.0. The summed E-state index contributed by atoms with van der Waals surface area (Å²) in [6.07, 6.45) is 0. The molecule has 0 fully saturated rings. The molecule has 0 saturated heterocycles. The summed E-state index contributed by atoms with van der Waals surface area (Å²) in [6, 6.07) is 0. The van der Waals surface area contributed by atoms with Crippen LogP contribution in [0.5, 0.6) is 0 Å². The van der Waals surface area contributed by atoms with Gasteiger partial charge in [-0.15, -0.1) is 0 Å². The van der Waals surface area contributed by atoms with Crippen LogP contribution in [0.4, 0.5) is 0 Å². The van der Waals surface area contributed by atoms with Gasteiger partial charge in [0, 0.05) is 0 Å². The van der Waals surface area contributed by atoms with Gasteiger partial charge in [-0.05, 0) is 0 Å². The topological polar surface area (TPSA) is 43.3 Å². The first-order valence-corrected chi connectivity index (χ1v) is 0.183. The zero-order valence-electron chi connectivity index (χ0n) is 8.01. The molecule has 0 amide bonds. The third kappa shape index (κ3) is 591. The first kappa shape index (κ1) is 278. The molecule has 10 heavy (non-hydrogen) atoms. The summed E-state index contributed by atoms with van der Waals surface area (Å²) in [4.78, 5) is 0. The van der Waals surface area contributed by atoms with Gasteiger partial charge in [0.05, 0.1) is 0 Å². The monoisotopic (exact) mass is 177 g/mol. The van der Waals surface area contributed by atoms with Crippen molar-refractivity contribution in [3.8, 4) is 0 Å². The van der Waals surface area contributed by atoms with E-state index in [4.69, 9.17) is 10.5 Å². The fourth-order valence-corrected chi connectivity index (χ4v) is 0. The molecule has 0 spiro atoms. The normalized spacial score (nSPS) is 0.600. The van der Waals surface area contributed by atoms with E-state index in [1.807, 2.05) is 0 Å². The molecule has 0 aromatic carbocycles. The SMILES string of the molecule is [Al+3].[Al+3].[CH3-].[CH3-].[CH3-].[CH3-].[CH3-].[CH3-].[O-]O. The van der Waals surface area contributed by atoms with Gasteiger partial charge in [0.25, 0.3) is 0 Å². The van der Waals surface area contributed by atoms with E-state index in [2.05, 4.69) is 0 Å². The summed E-state index contributed by atoms with van der Waals surface area (Å²) in [6.45, 7) is 0. The van der Waals surface area contributed by atoms with E-state index in [0.29, 0.717) is 0 Å². The van der Waals surface area contributed by atoms with Crippen LogP contribution >= 0.6 is 0 Å². The van der Waals surface area contributed by atoms with Gasteiger partial charge in [-0.2, -0.15) is 0 Å². The van der Waals surface area contributed by atoms with Crippen molar-refractivity contribution in [3.05, 3.63) is 44.6 Å². The van der Waals surface area contributed by atoms with Crippen LogP contribution in [-0.4, -0.2) is 40.0 Å². The van der Waals surface area contributed by atoms with Crippen LogP contribution in [0.15, 0.2) is 0 Å². The standard InChI is InChI=1S/6CH3.2Al.H2O2/c;;;;;;;;1-2/h6*1H3;;;1-2H/q6*-1;2*+3;/p-1. The average molecular weight is 177 g/mol. The minimum atomic E-state index is 0. The summed E-state index contributed by atoms with van der Waals surface area (Å²) in [5.41, 5.74) is 0. The fraction of sp³-hybridized carbons (Fsp3) is 0. The predicted octanol–water partition coefficient (Wildman–Crippen LogP) is 0.760. The maximum absolute atomic E-state index is 7.25. The fourth-order valence-electron chi connectivity index (χ4n) is 0. The quantitative estimate of drug-likeness (QED) is 0.257. The van der Waals surface area contributed by atoms with Crippen LogP contribution in [-0.2, 0) is 0 Å². The molecule has 0 atom stereocenters. The molecule has 62 valence electrons. The zero-order valence-corrected chi connectivity index (χ0v) is 10.3. The van der Waals surface area contributed by atoms with E-state index in [0.717, 1.165) is 0 Å². The molecule has 0 radical (unpaired) electrons. The molecule has 0 bridgehead atoms. The number of rotatable bonds is 0. The number of hydrogen-bond donors (Lipinski definition) is 1. The van der Waals surface area contributed by atoms with Crippen molar-refractivity contribution in [2.45, 2.75) is 0 Å². The average Bonchev–Trinajstić information content (AvgIpc) is 1.00. The second kappa shape index (κ2) is 831. The van der Waals surface area contributed by atoms with Gasteiger partial charge in [0.2, 0.25) is 0 Å². The van der Waals surface area contributed by atoms with Gasteiger partial charge < -0.3 is 55.1 Å². The molecule has 2 nitrogen and oxygen atoms in total. The first-order chi connectivity index (χ1) is 1.00. The third-order valence-corrected chi connectivity index (χ3v) is 0. The molecule has 1 N–H and O–H groups in total. The van der Waals surface area contributed by atoms with Crippen molar-refractivity contribution in [2.24, 2.45) is 0 Å². The van der Waals surface area contributed by atoms with E-state index in [9.17, 15) is 0 Å². The largest absolute Gasteiger partial charge is 3.00 e. The van der Waals surface area contributed by atoms with Crippen LogP contribution in [0.2, 0.25) is 0 Å². The molecular weight excluding hydrogens is 158 g/mol. The van der Waals surface area contributed by atoms with E-state index in [-0.39, 0.29) is 79.3 Å². The molecule has 4 heteroatoms. The minimum absolute atomic E-state index is 0. The maximum atomic E-state index is 7.25. The molecule has 0 aliphatic rings. The van der Waals surface area contributed by atoms with E-state index in [1.165, 1.54) is 0 Å². The Bertz CT molecular complexity index is 13.7. The predicted molar refractivity (Wildman–Crippen MR) is 52.6 cm³/mol. The van der Waals surface area contributed by atoms with Crippen LogP contribution in [0, 0.1) is 44.6 Å². The first-order valence-electron chi connectivity index (χ1n) is 0.183. The summed E-state index contributed by atoms with van der Waals surface area (Å²) < 4.78 is 0. The van der Waals surface area contributed by atoms with Crippen LogP contribution in [0.3, 0.4) is 0 Å². The maximum Gasteiger partial charge on any atom is 3.00 e. The number of hydrogen-bond acceptors (Lipinski definition) is 2. The van der Waals surface area contributed by atoms with E-state index < -0.39 is 0 Å². The molecule has 0 aliphatic carbocycles. The Labute approximate surface area is 89.9 Å². The van der Waals surface area contributed by atoms with Crippen LogP contribution in [0.25, 0.3) is 0 Å². The summed E-state index contributed by atoms with van der Waals surface area (Å²) in [5.74, 6) is 0. The zero-order chi connectivity index (χ0) is 2.00. The van der Waals surface area contributed by atoms with Crippen molar-refractivity contribution in [1.29, 1.82) is 0 Å². The molecule has 0 heterocycles. The smallest absolute Gasteiger partial charge is 0.727 e. The molecule has 0 saturated carbocycles. The Balaban J connectivity index is -0.000000000179. The summed E-state index contributed by atoms with van der Waals surface area (Å²) >= 11 is 0. The second-order valence-electron chi connectivity index (χ2n) is 0. The molecule has 0 aromatic heterocycles. The third-order valence-electron chi connectivity index (χ3n) is 0. The Morgan fingerprint density at radius 3 is 0.500 bits per heavy atom. The van der Waals surface area contributed by atoms with Crippen molar-refractivity contribution in [1.82, 2.24) is 0 Å². The Hall–Kier alpha value is 0.985. The molecule has 0 unspecified atom stereocenters. The van der Waals surface area contributed by atoms with Crippen LogP contribution in [0.1, 0.15) is 0 Å². The summed E-state index contributed by atoms with van der Waals surface area (Å²) in [7, 11) is 0. The van der Waals surface area contributed by atoms with Gasteiger partial charge in [-0.25, -0.2) is 0 Å². The van der Waals surface area contributed by atoms with Gasteiger partial charge in [0.15, 0.2) is 0 Å². The van der Waals surface area contributed by atoms with Crippen molar-refractivity contribution < 1.29 is 10.5 Å². The Morgan fingerprint density at radius 1 is 0.500 bits per heavy atom. The van der Waals surface area contributed by atoms with E-state index in [1.54, 1.807) is 0 Å². The molecule has 0 aromatic rings. The van der Waals surface area contributed by atoms with Crippen LogP contribution < -0.4 is 5.26 Å². The Kier molecular flexibility index (Phi) is 23100. The van der Waals surface area contributed by atoms with Crippen molar-refractivity contribution in [2.75, 3.05) is 0 Å². The molecule has 0 rings (SSSR count). The van der Waals surface area contributed by atoms with Gasteiger partial charge in [-0.3, -0.25) is 0 Å². The van der Waals surface area contributed by atoms with Gasteiger partial charge in [-0.1, -0.05) is 0 Å². The van der Waals surface area contributed by atoms with E-state index >= 15 is 0 Å². The van der Waals surface area contributed by atoms with Crippen molar-refractivity contribution in [3.63, 3.8) is 0 Å². The molecule has 0 aliphatic heterocycles. The molecular formula is C6H19Al2O2-. The van der Waals surface area contributed by atoms with Gasteiger partial charge >= 0.3 is 34.7 Å². The van der Waals surface area contributed by atoms with Gasteiger partial charge in [0.1, 0.15) is 0 Å².